The van der Waals surface area contributed by atoms with E-state index in [4.69, 9.17) is 9.59 Å². The van der Waals surface area contributed by atoms with E-state index in [-0.39, 0.29) is 6.15 Å². The molecule has 3 rings (SSSR count). The van der Waals surface area contributed by atoms with Crippen molar-refractivity contribution in [3.8, 4) is 11.1 Å². The van der Waals surface area contributed by atoms with E-state index >= 15 is 0 Å². The molecule has 0 radical (unpaired) electrons. The summed E-state index contributed by atoms with van der Waals surface area (Å²) in [7, 11) is -9.63. The number of carbonyl (C=O) groups excluding carboxylic acids is 2. The molecule has 0 aliphatic heterocycles. The summed E-state index contributed by atoms with van der Waals surface area (Å²) in [6, 6.07) is 10.0. The number of rotatable bonds is 5. The van der Waals surface area contributed by atoms with E-state index in [2.05, 4.69) is 15.4 Å². The lowest BCUT2D eigenvalue weighted by molar-refractivity contribution is -0.191. The summed E-state index contributed by atoms with van der Waals surface area (Å²) in [5, 5.41) is 10.9. The quantitative estimate of drug-likeness (QED) is 0.401. The van der Waals surface area contributed by atoms with Gasteiger partial charge in [-0.2, -0.15) is 19.9 Å². The van der Waals surface area contributed by atoms with Crippen LogP contribution in [0.2, 0.25) is 0 Å². The summed E-state index contributed by atoms with van der Waals surface area (Å²) in [5.41, 5.74) is 2.06. The Bertz CT molecular complexity index is 955. The average Bonchev–Trinajstić information content (AvgIpc) is 3.13. The Morgan fingerprint density at radius 3 is 1.82 bits per heavy atom. The number of hydrogen-bond acceptors (Lipinski definition) is 5. The summed E-state index contributed by atoms with van der Waals surface area (Å²) >= 11 is 1.48. The molecule has 0 amide bonds. The number of H-pyrrole nitrogens is 1. The number of benzene rings is 2. The van der Waals surface area contributed by atoms with Gasteiger partial charge in [0.05, 0.1) is 6.20 Å². The zero-order valence-corrected chi connectivity index (χ0v) is 15.5. The van der Waals surface area contributed by atoms with Crippen molar-refractivity contribution in [2.24, 2.45) is 0 Å². The molecule has 0 aliphatic carbocycles. The van der Waals surface area contributed by atoms with E-state index < -0.39 is 15.1 Å². The highest BCUT2D eigenvalue weighted by Gasteiger charge is 2.65. The van der Waals surface area contributed by atoms with Gasteiger partial charge in [0, 0.05) is 5.75 Å². The molecule has 28 heavy (non-hydrogen) atoms. The molecule has 12 heteroatoms. The fraction of sp³-hybridized carbons (Fsp3) is 0.0625. The summed E-state index contributed by atoms with van der Waals surface area (Å²) in [4.78, 5) is 14.4. The van der Waals surface area contributed by atoms with Crippen molar-refractivity contribution in [2.75, 3.05) is 0 Å². The molecule has 0 spiro atoms. The molecular formula is C16H12F5N3O2S2. The zero-order valence-electron chi connectivity index (χ0n) is 13.8. The lowest BCUT2D eigenvalue weighted by Gasteiger charge is -2.40. The zero-order chi connectivity index (χ0) is 20.9. The highest BCUT2D eigenvalue weighted by molar-refractivity contribution is 8.45. The third kappa shape index (κ3) is 6.19. The van der Waals surface area contributed by atoms with E-state index in [1.165, 1.54) is 11.8 Å². The number of hydrogen-bond donors (Lipinski definition) is 1. The molecule has 3 aromatic rings. The predicted molar refractivity (Wildman–Crippen MR) is 94.2 cm³/mol. The average molecular weight is 437 g/mol. The first-order valence-electron chi connectivity index (χ1n) is 7.34. The maximum Gasteiger partial charge on any atom is 0.373 e. The highest BCUT2D eigenvalue weighted by Crippen LogP contribution is 3.02. The molecule has 1 heterocycles. The number of aromatic amines is 1. The van der Waals surface area contributed by atoms with Crippen molar-refractivity contribution in [1.82, 2.24) is 15.4 Å². The SMILES string of the molecule is FS(F)(F)(F)(F)c1ccc(-c2ccc(CSc3cn[nH]n3)cc2)cc1.O=C=O. The largest absolute Gasteiger partial charge is 0.373 e. The Kier molecular flexibility index (Phi) is 5.69. The second kappa shape index (κ2) is 7.38. The maximum atomic E-state index is 12.7. The van der Waals surface area contributed by atoms with Crippen molar-refractivity contribution in [3.05, 3.63) is 60.3 Å². The maximum absolute atomic E-state index is 12.7. The molecule has 0 fully saturated rings. The molecule has 2 aromatic carbocycles. The van der Waals surface area contributed by atoms with Crippen LogP contribution >= 0.6 is 22.0 Å². The molecule has 0 unspecified atom stereocenters. The summed E-state index contributed by atoms with van der Waals surface area (Å²) in [5.74, 6) is 0.649. The van der Waals surface area contributed by atoms with Gasteiger partial charge >= 0.3 is 16.4 Å². The second-order valence-electron chi connectivity index (χ2n) is 5.37. The topological polar surface area (TPSA) is 75.7 Å². The van der Waals surface area contributed by atoms with Gasteiger partial charge in [0.1, 0.15) is 9.92 Å². The molecule has 0 saturated heterocycles. The standard InChI is InChI=1S/C15H12F5N3S2.CO2/c16-25(17,18,19,20)14-7-5-13(6-8-14)12-3-1-11(2-4-12)10-24-15-9-21-23-22-15;2-1-3/h1-9H,10H2,(H,21,22,23);. The van der Waals surface area contributed by atoms with Gasteiger partial charge in [-0.25, -0.2) is 0 Å². The van der Waals surface area contributed by atoms with Gasteiger partial charge < -0.3 is 0 Å². The molecule has 0 saturated carbocycles. The van der Waals surface area contributed by atoms with Gasteiger partial charge in [-0.3, -0.25) is 0 Å². The van der Waals surface area contributed by atoms with Crippen LogP contribution in [0.1, 0.15) is 5.56 Å². The monoisotopic (exact) mass is 437 g/mol. The van der Waals surface area contributed by atoms with Crippen LogP contribution < -0.4 is 0 Å². The predicted octanol–water partition coefficient (Wildman–Crippen LogP) is 5.84. The summed E-state index contributed by atoms with van der Waals surface area (Å²) in [6.45, 7) is 0. The third-order valence-electron chi connectivity index (χ3n) is 3.37. The van der Waals surface area contributed by atoms with Crippen LogP contribution in [0.4, 0.5) is 19.4 Å². The van der Waals surface area contributed by atoms with Crippen molar-refractivity contribution < 1.29 is 29.0 Å². The Hall–Kier alpha value is -2.69. The first kappa shape index (κ1) is 21.6. The highest BCUT2D eigenvalue weighted by atomic mass is 32.5. The Balaban J connectivity index is 0.000000878. The minimum absolute atomic E-state index is 0.250. The fourth-order valence-electron chi connectivity index (χ4n) is 2.12. The molecule has 1 N–H and O–H groups in total. The van der Waals surface area contributed by atoms with Gasteiger partial charge in [-0.05, 0) is 28.8 Å². The third-order valence-corrected chi connectivity index (χ3v) is 5.50. The van der Waals surface area contributed by atoms with Crippen LogP contribution in [0.25, 0.3) is 11.1 Å². The molecular weight excluding hydrogens is 425 g/mol. The summed E-state index contributed by atoms with van der Waals surface area (Å²) in [6.07, 6.45) is 1.85. The number of nitrogens with one attached hydrogen (secondary N) is 1. The van der Waals surface area contributed by atoms with Crippen molar-refractivity contribution >= 4 is 28.1 Å². The Labute approximate surface area is 160 Å². The first-order chi connectivity index (χ1) is 12.9. The smallest absolute Gasteiger partial charge is 0.197 e. The van der Waals surface area contributed by atoms with E-state index in [0.717, 1.165) is 22.7 Å². The van der Waals surface area contributed by atoms with E-state index in [1.54, 1.807) is 18.3 Å². The van der Waals surface area contributed by atoms with Crippen molar-refractivity contribution in [1.29, 1.82) is 0 Å². The normalized spacial score (nSPS) is 13.5. The molecule has 0 aliphatic rings. The van der Waals surface area contributed by atoms with Gasteiger partial charge in [0.2, 0.25) is 0 Å². The second-order valence-corrected chi connectivity index (χ2v) is 8.78. The number of aromatic nitrogens is 3. The minimum Gasteiger partial charge on any atom is -0.197 e. The van der Waals surface area contributed by atoms with Crippen molar-refractivity contribution in [2.45, 2.75) is 15.7 Å². The minimum atomic E-state index is -9.63. The van der Waals surface area contributed by atoms with Gasteiger partial charge in [-0.1, -0.05) is 67.6 Å². The Morgan fingerprint density at radius 2 is 1.39 bits per heavy atom. The van der Waals surface area contributed by atoms with E-state index in [0.29, 0.717) is 29.0 Å². The molecule has 0 atom stereocenters. The van der Waals surface area contributed by atoms with Gasteiger partial charge in [0.25, 0.3) is 0 Å². The van der Waals surface area contributed by atoms with Crippen LogP contribution in [0.15, 0.2) is 64.6 Å². The van der Waals surface area contributed by atoms with Crippen LogP contribution in [0.5, 0.6) is 0 Å². The van der Waals surface area contributed by atoms with Crippen molar-refractivity contribution in [3.63, 3.8) is 0 Å². The Morgan fingerprint density at radius 1 is 0.893 bits per heavy atom. The molecule has 5 nitrogen and oxygen atoms in total. The first-order valence-corrected chi connectivity index (χ1v) is 10.3. The van der Waals surface area contributed by atoms with E-state index in [9.17, 15) is 19.4 Å². The van der Waals surface area contributed by atoms with Crippen LogP contribution in [0, 0.1) is 0 Å². The molecule has 1 aromatic heterocycles. The lowest BCUT2D eigenvalue weighted by Crippen LogP contribution is -2.05. The van der Waals surface area contributed by atoms with E-state index in [1.807, 2.05) is 12.1 Å². The fourth-order valence-corrected chi connectivity index (χ4v) is 3.51. The van der Waals surface area contributed by atoms with Gasteiger partial charge in [-0.15, -0.1) is 5.10 Å². The molecule has 150 valence electrons. The van der Waals surface area contributed by atoms with Crippen LogP contribution in [-0.4, -0.2) is 21.6 Å². The van der Waals surface area contributed by atoms with Gasteiger partial charge in [0.15, 0.2) is 0 Å². The number of nitrogens with zero attached hydrogens (tertiary/aromatic N) is 2. The molecule has 0 bridgehead atoms. The lowest BCUT2D eigenvalue weighted by atomic mass is 10.0. The van der Waals surface area contributed by atoms with Crippen LogP contribution in [0.3, 0.4) is 0 Å². The summed E-state index contributed by atoms with van der Waals surface area (Å²) < 4.78 is 63.6. The number of halogens is 5. The van der Waals surface area contributed by atoms with Crippen LogP contribution in [-0.2, 0) is 15.3 Å². The number of thioether (sulfide) groups is 1.